The average Bonchev–Trinajstić information content (AvgIpc) is 2.28. The molecule has 1 unspecified atom stereocenters. The molecule has 0 bridgehead atoms. The minimum atomic E-state index is -0.585. The zero-order valence-electron chi connectivity index (χ0n) is 10.4. The lowest BCUT2D eigenvalue weighted by molar-refractivity contribution is 0.0695. The molecule has 1 rings (SSSR count). The first-order valence-corrected chi connectivity index (χ1v) is 6.21. The van der Waals surface area contributed by atoms with Crippen LogP contribution in [0, 0.1) is 0 Å². The van der Waals surface area contributed by atoms with E-state index in [9.17, 15) is 5.11 Å². The topological polar surface area (TPSA) is 58.7 Å². The molecule has 0 aromatic heterocycles. The molecule has 1 aromatic carbocycles. The predicted octanol–water partition coefficient (Wildman–Crippen LogP) is 1.42. The van der Waals surface area contributed by atoms with Gasteiger partial charge < -0.3 is 20.5 Å². The van der Waals surface area contributed by atoms with Crippen molar-refractivity contribution in [3.8, 4) is 0 Å². The van der Waals surface area contributed by atoms with Gasteiger partial charge in [-0.15, -0.1) is 0 Å². The van der Waals surface area contributed by atoms with Crippen molar-refractivity contribution < 1.29 is 9.84 Å². The number of hydrogen-bond donors (Lipinski definition) is 2. The number of halogens is 1. The van der Waals surface area contributed by atoms with E-state index >= 15 is 0 Å². The lowest BCUT2D eigenvalue weighted by atomic mass is 10.1. The van der Waals surface area contributed by atoms with Gasteiger partial charge in [-0.2, -0.15) is 0 Å². The second kappa shape index (κ2) is 6.89. The quantitative estimate of drug-likeness (QED) is 0.775. The van der Waals surface area contributed by atoms with Crippen molar-refractivity contribution in [2.75, 3.05) is 32.2 Å². The molecule has 3 N–H and O–H groups in total. The van der Waals surface area contributed by atoms with Crippen LogP contribution in [0.1, 0.15) is 5.56 Å². The molecule has 0 heterocycles. The molecule has 100 valence electrons. The Kier molecular flexibility index (Phi) is 5.81. The third-order valence-electron chi connectivity index (χ3n) is 2.48. The van der Waals surface area contributed by atoms with Crippen molar-refractivity contribution >= 4 is 34.5 Å². The minimum Gasteiger partial charge on any atom is -0.389 e. The summed E-state index contributed by atoms with van der Waals surface area (Å²) < 4.78 is 4.89. The molecule has 0 saturated carbocycles. The monoisotopic (exact) mass is 288 g/mol. The van der Waals surface area contributed by atoms with E-state index in [1.165, 1.54) is 0 Å². The van der Waals surface area contributed by atoms with Gasteiger partial charge in [0, 0.05) is 37.0 Å². The number of ether oxygens (including phenoxy) is 1. The number of hydrogen-bond acceptors (Lipinski definition) is 4. The van der Waals surface area contributed by atoms with E-state index < -0.39 is 6.10 Å². The third-order valence-corrected chi connectivity index (χ3v) is 2.94. The number of aliphatic hydroxyl groups excluding tert-OH is 1. The Morgan fingerprint density at radius 3 is 2.83 bits per heavy atom. The van der Waals surface area contributed by atoms with Gasteiger partial charge in [0.25, 0.3) is 0 Å². The third kappa shape index (κ3) is 4.10. The number of thiocarbonyl (C=S) groups is 1. The molecule has 0 saturated heterocycles. The molecule has 0 aliphatic rings. The van der Waals surface area contributed by atoms with Gasteiger partial charge in [-0.3, -0.25) is 0 Å². The van der Waals surface area contributed by atoms with Gasteiger partial charge in [-0.1, -0.05) is 23.8 Å². The first kappa shape index (κ1) is 15.2. The van der Waals surface area contributed by atoms with Crippen LogP contribution in [0.4, 0.5) is 5.69 Å². The molecule has 0 spiro atoms. The molecular formula is C12H17ClN2O2S. The standard InChI is InChI=1S/C12H17ClN2O2S/c1-15(6-9(16)7-17-2)11-5-8(13)3-4-10(11)12(14)18/h3-5,9,16H,6-7H2,1-2H3,(H2,14,18). The number of aliphatic hydroxyl groups is 1. The molecule has 0 amide bonds. The van der Waals surface area contributed by atoms with Gasteiger partial charge in [0.1, 0.15) is 4.99 Å². The van der Waals surface area contributed by atoms with E-state index in [4.69, 9.17) is 34.3 Å². The van der Waals surface area contributed by atoms with Crippen molar-refractivity contribution in [1.29, 1.82) is 0 Å². The summed E-state index contributed by atoms with van der Waals surface area (Å²) in [6.07, 6.45) is -0.585. The van der Waals surface area contributed by atoms with E-state index in [1.54, 1.807) is 25.3 Å². The largest absolute Gasteiger partial charge is 0.389 e. The van der Waals surface area contributed by atoms with Crippen LogP contribution in [0.25, 0.3) is 0 Å². The Bertz CT molecular complexity index is 429. The predicted molar refractivity (Wildman–Crippen MR) is 78.5 cm³/mol. The molecule has 6 heteroatoms. The molecule has 0 aliphatic heterocycles. The van der Waals surface area contributed by atoms with Crippen LogP contribution in [-0.2, 0) is 4.74 Å². The fourth-order valence-electron chi connectivity index (χ4n) is 1.69. The Balaban J connectivity index is 2.93. The molecule has 18 heavy (non-hydrogen) atoms. The van der Waals surface area contributed by atoms with E-state index in [0.717, 1.165) is 11.3 Å². The van der Waals surface area contributed by atoms with E-state index in [0.29, 0.717) is 16.6 Å². The van der Waals surface area contributed by atoms with Gasteiger partial charge in [-0.25, -0.2) is 0 Å². The summed E-state index contributed by atoms with van der Waals surface area (Å²) in [6, 6.07) is 5.29. The normalized spacial score (nSPS) is 12.2. The van der Waals surface area contributed by atoms with E-state index in [-0.39, 0.29) is 6.61 Å². The van der Waals surface area contributed by atoms with Gasteiger partial charge in [0.15, 0.2) is 0 Å². The highest BCUT2D eigenvalue weighted by Crippen LogP contribution is 2.24. The Morgan fingerprint density at radius 2 is 2.28 bits per heavy atom. The van der Waals surface area contributed by atoms with Crippen molar-refractivity contribution in [2.45, 2.75) is 6.10 Å². The summed E-state index contributed by atoms with van der Waals surface area (Å²) in [6.45, 7) is 0.678. The van der Waals surface area contributed by atoms with Crippen LogP contribution in [0.3, 0.4) is 0 Å². The van der Waals surface area contributed by atoms with E-state index in [1.807, 2.05) is 11.9 Å². The van der Waals surface area contributed by atoms with Crippen molar-refractivity contribution in [1.82, 2.24) is 0 Å². The van der Waals surface area contributed by atoms with Crippen LogP contribution in [-0.4, -0.2) is 43.5 Å². The fourth-order valence-corrected chi connectivity index (χ4v) is 2.03. The number of nitrogens with two attached hydrogens (primary N) is 1. The number of benzene rings is 1. The van der Waals surface area contributed by atoms with Crippen LogP contribution >= 0.6 is 23.8 Å². The molecule has 0 radical (unpaired) electrons. The highest BCUT2D eigenvalue weighted by Gasteiger charge is 2.13. The maximum Gasteiger partial charge on any atom is 0.106 e. The summed E-state index contributed by atoms with van der Waals surface area (Å²) in [5.74, 6) is 0. The number of rotatable bonds is 6. The first-order valence-electron chi connectivity index (χ1n) is 5.43. The average molecular weight is 289 g/mol. The molecule has 0 fully saturated rings. The van der Waals surface area contributed by atoms with Crippen molar-refractivity contribution in [3.63, 3.8) is 0 Å². The van der Waals surface area contributed by atoms with Gasteiger partial charge in [-0.05, 0) is 18.2 Å². The van der Waals surface area contributed by atoms with Gasteiger partial charge >= 0.3 is 0 Å². The zero-order valence-corrected chi connectivity index (χ0v) is 12.0. The molecule has 1 aromatic rings. The lowest BCUT2D eigenvalue weighted by Crippen LogP contribution is -2.33. The number of methoxy groups -OCH3 is 1. The van der Waals surface area contributed by atoms with Crippen LogP contribution in [0.2, 0.25) is 5.02 Å². The fraction of sp³-hybridized carbons (Fsp3) is 0.417. The number of anilines is 1. The Hall–Kier alpha value is -0.880. The maximum atomic E-state index is 9.72. The van der Waals surface area contributed by atoms with E-state index in [2.05, 4.69) is 0 Å². The van der Waals surface area contributed by atoms with Crippen LogP contribution in [0.15, 0.2) is 18.2 Å². The van der Waals surface area contributed by atoms with Crippen molar-refractivity contribution in [2.24, 2.45) is 5.73 Å². The molecule has 1 atom stereocenters. The summed E-state index contributed by atoms with van der Waals surface area (Å²) in [4.78, 5) is 2.15. The van der Waals surface area contributed by atoms with Crippen LogP contribution < -0.4 is 10.6 Å². The Morgan fingerprint density at radius 1 is 1.61 bits per heavy atom. The SMILES string of the molecule is COCC(O)CN(C)c1cc(Cl)ccc1C(N)=S. The van der Waals surface area contributed by atoms with Gasteiger partial charge in [0.05, 0.1) is 12.7 Å². The summed E-state index contributed by atoms with van der Waals surface area (Å²) >= 11 is 11.0. The zero-order chi connectivity index (χ0) is 13.7. The number of nitrogens with zero attached hydrogens (tertiary/aromatic N) is 1. The second-order valence-electron chi connectivity index (χ2n) is 4.02. The molecule has 0 aliphatic carbocycles. The number of likely N-dealkylation sites (N-methyl/N-ethyl adjacent to an activating group) is 1. The molecule has 4 nitrogen and oxygen atoms in total. The Labute approximate surface area is 117 Å². The summed E-state index contributed by atoms with van der Waals surface area (Å²) in [5, 5.41) is 10.3. The summed E-state index contributed by atoms with van der Waals surface area (Å²) in [7, 11) is 3.38. The molecular weight excluding hydrogens is 272 g/mol. The second-order valence-corrected chi connectivity index (χ2v) is 4.89. The highest BCUT2D eigenvalue weighted by atomic mass is 35.5. The van der Waals surface area contributed by atoms with Crippen LogP contribution in [0.5, 0.6) is 0 Å². The maximum absolute atomic E-state index is 9.72. The van der Waals surface area contributed by atoms with Crippen molar-refractivity contribution in [3.05, 3.63) is 28.8 Å². The first-order chi connectivity index (χ1) is 8.45. The van der Waals surface area contributed by atoms with Gasteiger partial charge in [0.2, 0.25) is 0 Å². The smallest absolute Gasteiger partial charge is 0.106 e. The lowest BCUT2D eigenvalue weighted by Gasteiger charge is -2.24. The summed E-state index contributed by atoms with van der Waals surface area (Å²) in [5.41, 5.74) is 7.20. The highest BCUT2D eigenvalue weighted by molar-refractivity contribution is 7.80. The minimum absolute atomic E-state index is 0.271.